The van der Waals surface area contributed by atoms with Crippen LogP contribution >= 0.6 is 0 Å². The van der Waals surface area contributed by atoms with E-state index >= 15 is 0 Å². The van der Waals surface area contributed by atoms with Gasteiger partial charge in [0.1, 0.15) is 36.8 Å². The summed E-state index contributed by atoms with van der Waals surface area (Å²) in [5.74, 6) is -2.25. The Morgan fingerprint density at radius 2 is 1.75 bits per heavy atom. The summed E-state index contributed by atoms with van der Waals surface area (Å²) in [6.45, 7) is 1.06. The van der Waals surface area contributed by atoms with Gasteiger partial charge >= 0.3 is 11.9 Å². The third-order valence-corrected chi connectivity index (χ3v) is 7.31. The second kappa shape index (κ2) is 12.3. The Hall–Kier alpha value is -2.88. The second-order valence-electron chi connectivity index (χ2n) is 10.0. The zero-order valence-corrected chi connectivity index (χ0v) is 22.2. The van der Waals surface area contributed by atoms with E-state index in [4.69, 9.17) is 28.4 Å². The van der Waals surface area contributed by atoms with Crippen molar-refractivity contribution in [3.63, 3.8) is 0 Å². The molecule has 2 aliphatic heterocycles. The fourth-order valence-corrected chi connectivity index (χ4v) is 5.14. The number of fused-ring (bicyclic) bond motifs is 1. The average molecular weight is 567 g/mol. The lowest BCUT2D eigenvalue weighted by Crippen LogP contribution is -2.61. The van der Waals surface area contributed by atoms with E-state index in [-0.39, 0.29) is 17.7 Å². The van der Waals surface area contributed by atoms with Crippen LogP contribution < -0.4 is 0 Å². The van der Waals surface area contributed by atoms with Crippen molar-refractivity contribution in [2.45, 2.75) is 68.7 Å². The monoisotopic (exact) mass is 566 g/mol. The van der Waals surface area contributed by atoms with Gasteiger partial charge in [0.2, 0.25) is 0 Å². The maximum absolute atomic E-state index is 12.5. The van der Waals surface area contributed by atoms with E-state index in [1.807, 2.05) is 0 Å². The molecule has 13 nitrogen and oxygen atoms in total. The molecule has 3 aliphatic rings. The zero-order chi connectivity index (χ0) is 29.2. The van der Waals surface area contributed by atoms with Gasteiger partial charge in [-0.3, -0.25) is 0 Å². The van der Waals surface area contributed by atoms with Crippen LogP contribution in [0.5, 0.6) is 5.75 Å². The molecule has 4 rings (SSSR count). The molecule has 0 bridgehead atoms. The van der Waals surface area contributed by atoms with Crippen molar-refractivity contribution < 1.29 is 63.5 Å². The van der Waals surface area contributed by atoms with Gasteiger partial charge in [-0.2, -0.15) is 0 Å². The largest absolute Gasteiger partial charge is 0.508 e. The minimum absolute atomic E-state index is 0.0738. The molecule has 2 fully saturated rings. The van der Waals surface area contributed by atoms with Crippen LogP contribution in [0.25, 0.3) is 6.08 Å². The Morgan fingerprint density at radius 1 is 1.05 bits per heavy atom. The molecule has 5 N–H and O–H groups in total. The average Bonchev–Trinajstić information content (AvgIpc) is 3.26. The summed E-state index contributed by atoms with van der Waals surface area (Å²) in [5, 5.41) is 51.9. The molecular formula is C27H34O13. The van der Waals surface area contributed by atoms with Crippen LogP contribution in [-0.4, -0.2) is 107 Å². The van der Waals surface area contributed by atoms with E-state index in [0.29, 0.717) is 17.6 Å². The molecule has 1 saturated carbocycles. The van der Waals surface area contributed by atoms with Crippen LogP contribution in [0.3, 0.4) is 0 Å². The first-order chi connectivity index (χ1) is 19.0. The molecule has 1 saturated heterocycles. The van der Waals surface area contributed by atoms with Gasteiger partial charge in [0.05, 0.1) is 24.2 Å². The van der Waals surface area contributed by atoms with Crippen LogP contribution in [0.1, 0.15) is 25.3 Å². The number of methoxy groups -OCH3 is 2. The van der Waals surface area contributed by atoms with Crippen molar-refractivity contribution in [3.05, 3.63) is 47.1 Å². The number of aliphatic hydroxyl groups excluding tert-OH is 3. The quantitative estimate of drug-likeness (QED) is 0.204. The smallest absolute Gasteiger partial charge is 0.338 e. The fraction of sp³-hybridized carbons (Fsp3) is 0.556. The summed E-state index contributed by atoms with van der Waals surface area (Å²) in [6.07, 6.45) is -7.25. The van der Waals surface area contributed by atoms with E-state index in [1.165, 1.54) is 32.4 Å². The summed E-state index contributed by atoms with van der Waals surface area (Å²) in [4.78, 5) is 24.7. The van der Waals surface area contributed by atoms with Gasteiger partial charge in [0.15, 0.2) is 18.9 Å². The number of phenolic OH excluding ortho intramolecular Hbond substituents is 1. The van der Waals surface area contributed by atoms with Crippen LogP contribution in [0.2, 0.25) is 0 Å². The van der Waals surface area contributed by atoms with Crippen LogP contribution in [-0.2, 0) is 38.0 Å². The molecule has 0 radical (unpaired) electrons. The Labute approximate surface area is 230 Å². The van der Waals surface area contributed by atoms with E-state index in [0.717, 1.165) is 6.08 Å². The van der Waals surface area contributed by atoms with Gasteiger partial charge in [-0.25, -0.2) is 9.59 Å². The maximum atomic E-state index is 12.5. The lowest BCUT2D eigenvalue weighted by molar-refractivity contribution is -0.363. The van der Waals surface area contributed by atoms with Crippen LogP contribution in [0.15, 0.2) is 41.5 Å². The van der Waals surface area contributed by atoms with Crippen molar-refractivity contribution in [2.75, 3.05) is 20.8 Å². The molecule has 0 unspecified atom stereocenters. The summed E-state index contributed by atoms with van der Waals surface area (Å²) < 4.78 is 32.7. The van der Waals surface area contributed by atoms with E-state index in [1.54, 1.807) is 19.1 Å². The molecule has 1 aromatic rings. The number of esters is 2. The summed E-state index contributed by atoms with van der Waals surface area (Å²) in [6, 6.07) is 6.08. The highest BCUT2D eigenvalue weighted by molar-refractivity contribution is 5.90. The number of hydrogen-bond donors (Lipinski definition) is 5. The van der Waals surface area contributed by atoms with Crippen molar-refractivity contribution in [1.29, 1.82) is 0 Å². The Morgan fingerprint density at radius 3 is 2.40 bits per heavy atom. The van der Waals surface area contributed by atoms with Crippen LogP contribution in [0, 0.1) is 5.92 Å². The Kier molecular flexibility index (Phi) is 9.27. The highest BCUT2D eigenvalue weighted by atomic mass is 16.8. The predicted molar refractivity (Wildman–Crippen MR) is 134 cm³/mol. The lowest BCUT2D eigenvalue weighted by Gasteiger charge is -2.44. The number of aromatic hydroxyl groups is 1. The minimum atomic E-state index is -1.73. The number of carbonyl (C=O) groups is 2. The molecule has 2 heterocycles. The molecular weight excluding hydrogens is 532 g/mol. The molecule has 1 aliphatic carbocycles. The fourth-order valence-electron chi connectivity index (χ4n) is 5.14. The zero-order valence-electron chi connectivity index (χ0n) is 22.2. The third-order valence-electron chi connectivity index (χ3n) is 7.31. The number of hydrogen-bond acceptors (Lipinski definition) is 13. The van der Waals surface area contributed by atoms with Gasteiger partial charge in [-0.15, -0.1) is 0 Å². The summed E-state index contributed by atoms with van der Waals surface area (Å²) in [7, 11) is 2.52. The third kappa shape index (κ3) is 6.21. The van der Waals surface area contributed by atoms with E-state index in [9.17, 15) is 35.1 Å². The van der Waals surface area contributed by atoms with Gasteiger partial charge in [-0.1, -0.05) is 12.1 Å². The van der Waals surface area contributed by atoms with Crippen LogP contribution in [0.4, 0.5) is 0 Å². The number of benzene rings is 1. The van der Waals surface area contributed by atoms with Crippen molar-refractivity contribution in [3.8, 4) is 5.75 Å². The predicted octanol–water partition coefficient (Wildman–Crippen LogP) is -0.268. The topological polar surface area (TPSA) is 191 Å². The van der Waals surface area contributed by atoms with Crippen molar-refractivity contribution >= 4 is 18.0 Å². The highest BCUT2D eigenvalue weighted by Crippen LogP contribution is 2.49. The Balaban J connectivity index is 1.47. The number of aliphatic hydroxyl groups is 4. The molecule has 1 aromatic carbocycles. The summed E-state index contributed by atoms with van der Waals surface area (Å²) >= 11 is 0. The van der Waals surface area contributed by atoms with Gasteiger partial charge in [0, 0.05) is 13.2 Å². The standard InChI is InChI=1S/C27H34O13/c1-27(34)11-10-15-18(23(33)35-2)24(36-3)39-25(19(15)27)40-26-22(32)21(31)20(30)16(38-26)12-37-17(29)9-6-13-4-7-14(28)8-5-13/h4-9,16,19-22,24-26,28,30-32,34H,10-12H2,1-3H3/b9-6+/t16-,19+,20-,21+,22-,24-,25+,26+,27+/m1/s1. The molecule has 0 spiro atoms. The van der Waals surface area contributed by atoms with E-state index < -0.39 is 73.4 Å². The molecule has 220 valence electrons. The molecule has 13 heteroatoms. The van der Waals surface area contributed by atoms with E-state index in [2.05, 4.69) is 0 Å². The second-order valence-corrected chi connectivity index (χ2v) is 10.0. The van der Waals surface area contributed by atoms with Crippen molar-refractivity contribution in [1.82, 2.24) is 0 Å². The number of rotatable bonds is 8. The highest BCUT2D eigenvalue weighted by Gasteiger charge is 2.55. The SMILES string of the molecule is COC(=O)C1=C2CC[C@](C)(O)[C@@H]2[C@H](O[C@@H]2O[C@H](COC(=O)/C=C/c3ccc(O)cc3)[C@@H](O)[C@H](O)[C@H]2O)O[C@H]1OC. The first kappa shape index (κ1) is 30.1. The Bertz CT molecular complexity index is 1130. The number of phenols is 1. The number of ether oxygens (including phenoxy) is 6. The minimum Gasteiger partial charge on any atom is -0.508 e. The molecule has 40 heavy (non-hydrogen) atoms. The van der Waals surface area contributed by atoms with Gasteiger partial charge < -0.3 is 54.0 Å². The first-order valence-electron chi connectivity index (χ1n) is 12.7. The maximum Gasteiger partial charge on any atom is 0.338 e. The molecule has 0 amide bonds. The number of carbonyl (C=O) groups excluding carboxylic acids is 2. The molecule has 9 atom stereocenters. The summed E-state index contributed by atoms with van der Waals surface area (Å²) in [5.41, 5.74) is -0.117. The van der Waals surface area contributed by atoms with Gasteiger partial charge in [-0.05, 0) is 49.1 Å². The first-order valence-corrected chi connectivity index (χ1v) is 12.7. The van der Waals surface area contributed by atoms with Gasteiger partial charge in [0.25, 0.3) is 0 Å². The molecule has 0 aromatic heterocycles. The van der Waals surface area contributed by atoms with Crippen molar-refractivity contribution in [2.24, 2.45) is 5.92 Å². The lowest BCUT2D eigenvalue weighted by atomic mass is 9.85. The normalized spacial score (nSPS) is 36.0.